The van der Waals surface area contributed by atoms with Gasteiger partial charge in [-0.15, -0.1) is 0 Å². The molecule has 0 aromatic carbocycles. The van der Waals surface area contributed by atoms with Gasteiger partial charge in [0.25, 0.3) is 0 Å². The second-order valence-electron chi connectivity index (χ2n) is 4.61. The van der Waals surface area contributed by atoms with Gasteiger partial charge in [0, 0.05) is 0 Å². The normalized spacial score (nSPS) is 15.2. The minimum absolute atomic E-state index is 0.799. The number of rotatable bonds is 7. The van der Waals surface area contributed by atoms with Crippen LogP contribution < -0.4 is 0 Å². The molecule has 0 bridgehead atoms. The third-order valence-corrected chi connectivity index (χ3v) is 3.28. The number of hydrogen-bond acceptors (Lipinski definition) is 0. The molecule has 1 unspecified atom stereocenters. The summed E-state index contributed by atoms with van der Waals surface area (Å²) in [7, 11) is 0. The number of allylic oxidation sites excluding steroid dienone is 2. The Balaban J connectivity index is 3.96. The van der Waals surface area contributed by atoms with Crippen LogP contribution in [-0.2, 0) is 0 Å². The average molecular weight is 196 g/mol. The largest absolute Gasteiger partial charge is 0.0741 e. The molecule has 0 radical (unpaired) electrons. The Morgan fingerprint density at radius 1 is 1.00 bits per heavy atom. The average Bonchev–Trinajstić information content (AvgIpc) is 2.17. The van der Waals surface area contributed by atoms with Crippen molar-refractivity contribution in [2.24, 2.45) is 5.92 Å². The molecule has 0 aromatic rings. The van der Waals surface area contributed by atoms with Crippen LogP contribution in [-0.4, -0.2) is 0 Å². The molecule has 0 nitrogen and oxygen atoms in total. The van der Waals surface area contributed by atoms with Crippen molar-refractivity contribution in [2.75, 3.05) is 0 Å². The second kappa shape index (κ2) is 8.08. The highest BCUT2D eigenvalue weighted by atomic mass is 14.1. The molecule has 0 aliphatic heterocycles. The zero-order valence-corrected chi connectivity index (χ0v) is 10.8. The van der Waals surface area contributed by atoms with Crippen molar-refractivity contribution in [2.45, 2.75) is 73.1 Å². The topological polar surface area (TPSA) is 0 Å². The van der Waals surface area contributed by atoms with Crippen molar-refractivity contribution in [3.8, 4) is 0 Å². The van der Waals surface area contributed by atoms with Gasteiger partial charge in [0.05, 0.1) is 0 Å². The van der Waals surface area contributed by atoms with Gasteiger partial charge >= 0.3 is 0 Å². The van der Waals surface area contributed by atoms with Gasteiger partial charge in [0.1, 0.15) is 0 Å². The van der Waals surface area contributed by atoms with Crippen molar-refractivity contribution in [3.05, 3.63) is 11.1 Å². The van der Waals surface area contributed by atoms with E-state index in [4.69, 9.17) is 0 Å². The predicted molar refractivity (Wildman–Crippen MR) is 66.6 cm³/mol. The fraction of sp³-hybridized carbons (Fsp3) is 0.857. The molecule has 0 amide bonds. The van der Waals surface area contributed by atoms with E-state index in [2.05, 4.69) is 34.6 Å². The van der Waals surface area contributed by atoms with Crippen LogP contribution >= 0.6 is 0 Å². The van der Waals surface area contributed by atoms with E-state index >= 15 is 0 Å². The molecule has 0 heterocycles. The highest BCUT2D eigenvalue weighted by Crippen LogP contribution is 2.22. The first-order valence-electron chi connectivity index (χ1n) is 6.29. The van der Waals surface area contributed by atoms with Crippen molar-refractivity contribution in [3.63, 3.8) is 0 Å². The van der Waals surface area contributed by atoms with Gasteiger partial charge in [-0.3, -0.25) is 0 Å². The lowest BCUT2D eigenvalue weighted by Crippen LogP contribution is -1.99. The summed E-state index contributed by atoms with van der Waals surface area (Å²) in [6, 6.07) is 0. The van der Waals surface area contributed by atoms with Crippen LogP contribution in [0, 0.1) is 5.92 Å². The predicted octanol–water partition coefficient (Wildman–Crippen LogP) is 5.34. The third kappa shape index (κ3) is 5.47. The second-order valence-corrected chi connectivity index (χ2v) is 4.61. The van der Waals surface area contributed by atoms with E-state index in [0.29, 0.717) is 0 Å². The Hall–Kier alpha value is -0.260. The highest BCUT2D eigenvalue weighted by molar-refractivity contribution is 5.11. The molecule has 0 aromatic heterocycles. The maximum atomic E-state index is 2.38. The smallest absolute Gasteiger partial charge is 0.0232 e. The molecule has 84 valence electrons. The first kappa shape index (κ1) is 13.7. The first-order valence-corrected chi connectivity index (χ1v) is 6.29. The lowest BCUT2D eigenvalue weighted by Gasteiger charge is -2.15. The Kier molecular flexibility index (Phi) is 7.93. The molecule has 0 saturated heterocycles. The van der Waals surface area contributed by atoms with E-state index in [1.807, 2.05) is 0 Å². The molecule has 0 saturated carbocycles. The van der Waals surface area contributed by atoms with E-state index in [1.165, 1.54) is 38.5 Å². The van der Waals surface area contributed by atoms with Gasteiger partial charge in [0.2, 0.25) is 0 Å². The van der Waals surface area contributed by atoms with Crippen LogP contribution in [0.1, 0.15) is 73.1 Å². The van der Waals surface area contributed by atoms with Crippen LogP contribution in [0.3, 0.4) is 0 Å². The number of hydrogen-bond donors (Lipinski definition) is 0. The summed E-state index contributed by atoms with van der Waals surface area (Å²) < 4.78 is 0. The Morgan fingerprint density at radius 3 is 2.14 bits per heavy atom. The summed E-state index contributed by atoms with van der Waals surface area (Å²) in [4.78, 5) is 0. The molecule has 0 fully saturated rings. The summed E-state index contributed by atoms with van der Waals surface area (Å²) in [5, 5.41) is 0. The molecule has 0 N–H and O–H groups in total. The van der Waals surface area contributed by atoms with Gasteiger partial charge in [-0.05, 0) is 32.6 Å². The molecule has 0 aliphatic carbocycles. The number of unbranched alkanes of at least 4 members (excludes halogenated alkanes) is 2. The minimum Gasteiger partial charge on any atom is -0.0741 e. The van der Waals surface area contributed by atoms with Crippen LogP contribution in [0.5, 0.6) is 0 Å². The summed E-state index contributed by atoms with van der Waals surface area (Å²) in [5.41, 5.74) is 3.26. The van der Waals surface area contributed by atoms with E-state index in [0.717, 1.165) is 5.92 Å². The highest BCUT2D eigenvalue weighted by Gasteiger charge is 2.06. The Morgan fingerprint density at radius 2 is 1.64 bits per heavy atom. The molecular weight excluding hydrogens is 168 g/mol. The SMILES string of the molecule is CCCCCC(C)C(C)=C(C)CCC. The molecular formula is C14H28. The van der Waals surface area contributed by atoms with Gasteiger partial charge in [-0.1, -0.05) is 57.6 Å². The lowest BCUT2D eigenvalue weighted by molar-refractivity contribution is 0.548. The van der Waals surface area contributed by atoms with Crippen LogP contribution in [0.4, 0.5) is 0 Å². The molecule has 0 aliphatic rings. The lowest BCUT2D eigenvalue weighted by atomic mass is 9.91. The molecule has 14 heavy (non-hydrogen) atoms. The zero-order valence-electron chi connectivity index (χ0n) is 10.8. The van der Waals surface area contributed by atoms with Crippen molar-refractivity contribution < 1.29 is 0 Å². The van der Waals surface area contributed by atoms with Crippen LogP contribution in [0.25, 0.3) is 0 Å². The van der Waals surface area contributed by atoms with Crippen LogP contribution in [0.2, 0.25) is 0 Å². The fourth-order valence-corrected chi connectivity index (χ4v) is 1.91. The summed E-state index contributed by atoms with van der Waals surface area (Å²) in [6.07, 6.45) is 8.07. The Labute approximate surface area is 90.8 Å². The van der Waals surface area contributed by atoms with Crippen molar-refractivity contribution in [1.29, 1.82) is 0 Å². The Bertz CT molecular complexity index is 165. The molecule has 1 atom stereocenters. The van der Waals surface area contributed by atoms with E-state index in [9.17, 15) is 0 Å². The summed E-state index contributed by atoms with van der Waals surface area (Å²) in [5.74, 6) is 0.799. The molecule has 0 heteroatoms. The van der Waals surface area contributed by atoms with E-state index in [-0.39, 0.29) is 0 Å². The van der Waals surface area contributed by atoms with Crippen molar-refractivity contribution in [1.82, 2.24) is 0 Å². The molecule has 0 rings (SSSR count). The van der Waals surface area contributed by atoms with Crippen LogP contribution in [0.15, 0.2) is 11.1 Å². The molecule has 0 spiro atoms. The fourth-order valence-electron chi connectivity index (χ4n) is 1.91. The van der Waals surface area contributed by atoms with Gasteiger partial charge < -0.3 is 0 Å². The summed E-state index contributed by atoms with van der Waals surface area (Å²) >= 11 is 0. The maximum absolute atomic E-state index is 2.38. The third-order valence-electron chi connectivity index (χ3n) is 3.28. The minimum atomic E-state index is 0.799. The van der Waals surface area contributed by atoms with Gasteiger partial charge in [0.15, 0.2) is 0 Å². The maximum Gasteiger partial charge on any atom is -0.0232 e. The standard InChI is InChI=1S/C14H28/c1-6-8-9-11-13(4)14(5)12(3)10-7-2/h13H,6-11H2,1-5H3. The van der Waals surface area contributed by atoms with Crippen molar-refractivity contribution >= 4 is 0 Å². The zero-order chi connectivity index (χ0) is 11.0. The van der Waals surface area contributed by atoms with E-state index < -0.39 is 0 Å². The quantitative estimate of drug-likeness (QED) is 0.381. The van der Waals surface area contributed by atoms with E-state index in [1.54, 1.807) is 11.1 Å². The summed E-state index contributed by atoms with van der Waals surface area (Å²) in [6.45, 7) is 11.5. The monoisotopic (exact) mass is 196 g/mol. The van der Waals surface area contributed by atoms with Gasteiger partial charge in [-0.25, -0.2) is 0 Å². The first-order chi connectivity index (χ1) is 6.63. The van der Waals surface area contributed by atoms with Gasteiger partial charge in [-0.2, -0.15) is 0 Å².